The second kappa shape index (κ2) is 1.82. The lowest BCUT2D eigenvalue weighted by molar-refractivity contribution is 1.28. The summed E-state index contributed by atoms with van der Waals surface area (Å²) in [7, 11) is 0. The van der Waals surface area contributed by atoms with Crippen molar-refractivity contribution >= 4 is 5.71 Å². The molecule has 8 heavy (non-hydrogen) atoms. The van der Waals surface area contributed by atoms with E-state index in [1.54, 1.807) is 6.20 Å². The quantitative estimate of drug-likeness (QED) is 0.471. The van der Waals surface area contributed by atoms with E-state index >= 15 is 0 Å². The summed E-state index contributed by atoms with van der Waals surface area (Å²) in [5.41, 5.74) is 7.11. The van der Waals surface area contributed by atoms with Crippen LogP contribution in [0, 0.1) is 0 Å². The van der Waals surface area contributed by atoms with Crippen LogP contribution in [0.4, 0.5) is 0 Å². The van der Waals surface area contributed by atoms with E-state index in [1.807, 2.05) is 19.1 Å². The minimum absolute atomic E-state index is 0.757. The smallest absolute Gasteiger partial charge is 0.273 e. The van der Waals surface area contributed by atoms with Crippen molar-refractivity contribution in [1.82, 2.24) is 4.99 Å². The van der Waals surface area contributed by atoms with Crippen molar-refractivity contribution in [2.45, 2.75) is 6.92 Å². The fourth-order valence-electron chi connectivity index (χ4n) is 0.497. The summed E-state index contributed by atoms with van der Waals surface area (Å²) in [5.74, 6) is 0. The topological polar surface area (TPSA) is 40.1 Å². The lowest BCUT2D eigenvalue weighted by Gasteiger charge is -1.87. The van der Waals surface area contributed by atoms with Crippen molar-refractivity contribution in [3.8, 4) is 0 Å². The van der Waals surface area contributed by atoms with Crippen LogP contribution in [0.3, 0.4) is 0 Å². The summed E-state index contributed by atoms with van der Waals surface area (Å²) in [6.45, 7) is 1.88. The summed E-state index contributed by atoms with van der Waals surface area (Å²) in [6.07, 6.45) is 5.39. The molecule has 1 heterocycles. The first-order valence-corrected chi connectivity index (χ1v) is 2.48. The average molecular weight is 108 g/mol. The minimum Gasteiger partial charge on any atom is -0.393 e. The largest absolute Gasteiger partial charge is 0.393 e. The van der Waals surface area contributed by atoms with Gasteiger partial charge in [0.05, 0.1) is 4.99 Å². The van der Waals surface area contributed by atoms with E-state index in [4.69, 9.17) is 5.73 Å². The highest BCUT2D eigenvalue weighted by Gasteiger charge is 2.06. The summed E-state index contributed by atoms with van der Waals surface area (Å²) >= 11 is 0. The van der Waals surface area contributed by atoms with E-state index in [-0.39, 0.29) is 0 Å². The molecular formula is C6H8N2+. The molecule has 41 valence electrons. The van der Waals surface area contributed by atoms with Gasteiger partial charge in [0.1, 0.15) is 5.70 Å². The van der Waals surface area contributed by atoms with Gasteiger partial charge >= 0.3 is 0 Å². The monoisotopic (exact) mass is 108 g/mol. The van der Waals surface area contributed by atoms with E-state index in [2.05, 4.69) is 4.99 Å². The fourth-order valence-corrected chi connectivity index (χ4v) is 0.497. The van der Waals surface area contributed by atoms with Gasteiger partial charge in [-0.25, -0.2) is 0 Å². The third-order valence-corrected chi connectivity index (χ3v) is 1.05. The number of hydrogen-bond acceptors (Lipinski definition) is 2. The van der Waals surface area contributed by atoms with Gasteiger partial charge in [0.15, 0.2) is 0 Å². The number of hydrogen-bond donors (Lipinski definition) is 1. The van der Waals surface area contributed by atoms with Crippen LogP contribution in [0.5, 0.6) is 0 Å². The zero-order valence-electron chi connectivity index (χ0n) is 4.76. The molecule has 1 aliphatic rings. The Bertz CT molecular complexity index is 155. The molecule has 0 aliphatic carbocycles. The van der Waals surface area contributed by atoms with Gasteiger partial charge in [-0.15, -0.1) is 0 Å². The molecule has 0 spiro atoms. The molecule has 0 aromatic heterocycles. The molecule has 2 N–H and O–H groups in total. The van der Waals surface area contributed by atoms with Crippen molar-refractivity contribution in [3.05, 3.63) is 24.0 Å². The van der Waals surface area contributed by atoms with E-state index < -0.39 is 0 Å². The first kappa shape index (κ1) is 5.09. The number of rotatable bonds is 0. The Labute approximate surface area is 48.4 Å². The molecular weight excluding hydrogens is 100 g/mol. The molecule has 0 unspecified atom stereocenters. The maximum atomic E-state index is 5.46. The number of nitrogens with zero attached hydrogens (tertiary/aromatic N) is 1. The Balaban J connectivity index is 2.93. The minimum atomic E-state index is 0.757. The summed E-state index contributed by atoms with van der Waals surface area (Å²) in [5, 5.41) is 0. The standard InChI is InChI=1S/C6H8N2/c1-5-6(7)3-2-4-8-5/h2-4H,7H2,1H3/q+1. The van der Waals surface area contributed by atoms with Crippen molar-refractivity contribution in [2.24, 2.45) is 5.73 Å². The highest BCUT2D eigenvalue weighted by atomic mass is 14.8. The van der Waals surface area contributed by atoms with Gasteiger partial charge in [-0.2, -0.15) is 0 Å². The van der Waals surface area contributed by atoms with Crippen molar-refractivity contribution in [3.63, 3.8) is 0 Å². The van der Waals surface area contributed by atoms with Crippen molar-refractivity contribution in [1.29, 1.82) is 0 Å². The molecule has 0 amide bonds. The molecule has 0 fully saturated rings. The second-order valence-corrected chi connectivity index (χ2v) is 1.68. The molecule has 0 saturated heterocycles. The molecule has 1 radical (unpaired) electrons. The number of allylic oxidation sites excluding steroid dienone is 3. The van der Waals surface area contributed by atoms with Gasteiger partial charge < -0.3 is 5.73 Å². The summed E-state index contributed by atoms with van der Waals surface area (Å²) < 4.78 is 0. The molecule has 1 rings (SSSR count). The lowest BCUT2D eigenvalue weighted by Crippen LogP contribution is -2.13. The Hall–Kier alpha value is -1.05. The third-order valence-electron chi connectivity index (χ3n) is 1.05. The second-order valence-electron chi connectivity index (χ2n) is 1.68. The van der Waals surface area contributed by atoms with Crippen molar-refractivity contribution in [2.75, 3.05) is 0 Å². The predicted molar refractivity (Wildman–Crippen MR) is 34.2 cm³/mol. The van der Waals surface area contributed by atoms with E-state index in [1.165, 1.54) is 0 Å². The Kier molecular flexibility index (Phi) is 1.16. The molecule has 0 atom stereocenters. The molecule has 0 aromatic rings. The summed E-state index contributed by atoms with van der Waals surface area (Å²) in [6, 6.07) is 0. The van der Waals surface area contributed by atoms with Crippen molar-refractivity contribution < 1.29 is 0 Å². The van der Waals surface area contributed by atoms with Crippen LogP contribution in [-0.2, 0) is 0 Å². The first-order valence-electron chi connectivity index (χ1n) is 2.48. The Morgan fingerprint density at radius 2 is 2.38 bits per heavy atom. The maximum Gasteiger partial charge on any atom is 0.273 e. The predicted octanol–water partition coefficient (Wildman–Crippen LogP) is 0.153. The molecule has 0 saturated carbocycles. The van der Waals surface area contributed by atoms with Crippen LogP contribution in [0.25, 0.3) is 0 Å². The molecule has 2 nitrogen and oxygen atoms in total. The van der Waals surface area contributed by atoms with E-state index in [0.29, 0.717) is 0 Å². The highest BCUT2D eigenvalue weighted by Crippen LogP contribution is 1.90. The van der Waals surface area contributed by atoms with E-state index in [9.17, 15) is 0 Å². The van der Waals surface area contributed by atoms with Crippen LogP contribution >= 0.6 is 0 Å². The van der Waals surface area contributed by atoms with Crippen LogP contribution in [0.1, 0.15) is 6.92 Å². The SMILES string of the molecule is CC1=[N+]C=CC=C1N. The Morgan fingerprint density at radius 3 is 2.75 bits per heavy atom. The van der Waals surface area contributed by atoms with Crippen LogP contribution < -0.4 is 10.7 Å². The van der Waals surface area contributed by atoms with Gasteiger partial charge in [-0.3, -0.25) is 0 Å². The van der Waals surface area contributed by atoms with Crippen LogP contribution in [0.2, 0.25) is 0 Å². The fraction of sp³-hybridized carbons (Fsp3) is 0.167. The molecule has 2 heteroatoms. The number of nitrogens with two attached hydrogens (primary N) is 1. The van der Waals surface area contributed by atoms with Gasteiger partial charge in [-0.1, -0.05) is 0 Å². The zero-order valence-corrected chi connectivity index (χ0v) is 4.76. The van der Waals surface area contributed by atoms with Gasteiger partial charge in [-0.05, 0) is 6.08 Å². The molecule has 1 aliphatic heterocycles. The highest BCUT2D eigenvalue weighted by molar-refractivity contribution is 5.97. The van der Waals surface area contributed by atoms with E-state index in [0.717, 1.165) is 11.4 Å². The average Bonchev–Trinajstić information content (AvgIpc) is 1.77. The molecule has 0 bridgehead atoms. The van der Waals surface area contributed by atoms with Gasteiger partial charge in [0, 0.05) is 13.0 Å². The molecule has 0 aromatic carbocycles. The third kappa shape index (κ3) is 0.780. The Morgan fingerprint density at radius 1 is 1.62 bits per heavy atom. The maximum absolute atomic E-state index is 5.46. The van der Waals surface area contributed by atoms with Gasteiger partial charge in [0.2, 0.25) is 6.20 Å². The van der Waals surface area contributed by atoms with Crippen LogP contribution in [-0.4, -0.2) is 5.71 Å². The lowest BCUT2D eigenvalue weighted by atomic mass is 10.2. The van der Waals surface area contributed by atoms with Crippen LogP contribution in [0.15, 0.2) is 24.0 Å². The normalized spacial score (nSPS) is 17.6. The first-order chi connectivity index (χ1) is 3.80. The zero-order chi connectivity index (χ0) is 5.98. The summed E-state index contributed by atoms with van der Waals surface area (Å²) in [4.78, 5) is 3.95. The van der Waals surface area contributed by atoms with Gasteiger partial charge in [0.25, 0.3) is 5.71 Å². The number of aliphatic imine (C=N–C) groups is 1.